The minimum Gasteiger partial charge on any atom is -0.454 e. The number of carbonyl (C=O) groups excluding carboxylic acids is 1. The fraction of sp³-hybridized carbons (Fsp3) is 0.500. The van der Waals surface area contributed by atoms with Crippen LogP contribution in [0.2, 0.25) is 0 Å². The third-order valence-corrected chi connectivity index (χ3v) is 5.24. The van der Waals surface area contributed by atoms with Gasteiger partial charge in [-0.25, -0.2) is 0 Å². The Kier molecular flexibility index (Phi) is 3.59. The molecular formula is C18H20N4O4. The first-order chi connectivity index (χ1) is 12.7. The second-order valence-corrected chi connectivity index (χ2v) is 7.08. The van der Waals surface area contributed by atoms with Gasteiger partial charge in [-0.2, -0.15) is 4.98 Å². The van der Waals surface area contributed by atoms with Crippen LogP contribution in [0.1, 0.15) is 46.9 Å². The van der Waals surface area contributed by atoms with Gasteiger partial charge in [0.25, 0.3) is 5.91 Å². The smallest absolute Gasteiger partial charge is 0.254 e. The van der Waals surface area contributed by atoms with Crippen molar-refractivity contribution in [3.05, 3.63) is 35.5 Å². The molecule has 0 spiro atoms. The predicted molar refractivity (Wildman–Crippen MR) is 90.1 cm³/mol. The van der Waals surface area contributed by atoms with E-state index in [9.17, 15) is 4.79 Å². The third-order valence-electron chi connectivity index (χ3n) is 5.24. The highest BCUT2D eigenvalue weighted by molar-refractivity contribution is 5.95. The zero-order chi connectivity index (χ0) is 17.7. The number of nitrogens with zero attached hydrogens (tertiary/aromatic N) is 4. The summed E-state index contributed by atoms with van der Waals surface area (Å²) in [6.45, 7) is 2.13. The zero-order valence-electron chi connectivity index (χ0n) is 14.6. The molecule has 1 saturated heterocycles. The van der Waals surface area contributed by atoms with Crippen molar-refractivity contribution >= 4 is 5.91 Å². The molecule has 0 bridgehead atoms. The lowest BCUT2D eigenvalue weighted by Gasteiger charge is -2.37. The highest BCUT2D eigenvalue weighted by atomic mass is 16.7. The van der Waals surface area contributed by atoms with Gasteiger partial charge >= 0.3 is 0 Å². The van der Waals surface area contributed by atoms with E-state index in [1.165, 1.54) is 0 Å². The summed E-state index contributed by atoms with van der Waals surface area (Å²) in [7, 11) is 2.02. The van der Waals surface area contributed by atoms with Crippen LogP contribution in [-0.2, 0) is 0 Å². The molecule has 136 valence electrons. The Labute approximate surface area is 150 Å². The Morgan fingerprint density at radius 2 is 2.04 bits per heavy atom. The maximum atomic E-state index is 13.0. The molecule has 2 aromatic rings. The monoisotopic (exact) mass is 356 g/mol. The molecule has 2 fully saturated rings. The molecule has 26 heavy (non-hydrogen) atoms. The SMILES string of the molecule is CN1CCN(C(=O)c2ccc3c(c2)OCO3)CC1c1nc(C2CC2)no1. The van der Waals surface area contributed by atoms with E-state index in [1.807, 2.05) is 11.9 Å². The maximum Gasteiger partial charge on any atom is 0.254 e. The molecule has 1 atom stereocenters. The Morgan fingerprint density at radius 3 is 2.88 bits per heavy atom. The molecule has 8 heteroatoms. The Morgan fingerprint density at radius 1 is 1.19 bits per heavy atom. The minimum absolute atomic E-state index is 0.0247. The van der Waals surface area contributed by atoms with Gasteiger partial charge in [-0.05, 0) is 38.1 Å². The molecule has 5 rings (SSSR count). The summed E-state index contributed by atoms with van der Waals surface area (Å²) in [5.41, 5.74) is 0.599. The van der Waals surface area contributed by atoms with Crippen molar-refractivity contribution in [2.45, 2.75) is 24.8 Å². The highest BCUT2D eigenvalue weighted by Gasteiger charge is 2.35. The van der Waals surface area contributed by atoms with Crippen molar-refractivity contribution in [3.8, 4) is 11.5 Å². The van der Waals surface area contributed by atoms with Crippen LogP contribution < -0.4 is 9.47 Å². The molecule has 1 saturated carbocycles. The molecule has 2 aliphatic heterocycles. The largest absolute Gasteiger partial charge is 0.454 e. The van der Waals surface area contributed by atoms with Crippen molar-refractivity contribution in [2.75, 3.05) is 33.5 Å². The summed E-state index contributed by atoms with van der Waals surface area (Å²) in [4.78, 5) is 21.5. The van der Waals surface area contributed by atoms with Gasteiger partial charge in [0, 0.05) is 31.1 Å². The molecule has 1 unspecified atom stereocenters. The maximum absolute atomic E-state index is 13.0. The van der Waals surface area contributed by atoms with E-state index >= 15 is 0 Å². The van der Waals surface area contributed by atoms with Crippen molar-refractivity contribution < 1.29 is 18.8 Å². The number of ether oxygens (including phenoxy) is 2. The van der Waals surface area contributed by atoms with Crippen molar-refractivity contribution in [1.82, 2.24) is 19.9 Å². The second kappa shape index (κ2) is 5.98. The summed E-state index contributed by atoms with van der Waals surface area (Å²) in [5, 5.41) is 4.11. The third kappa shape index (κ3) is 2.70. The van der Waals surface area contributed by atoms with E-state index in [-0.39, 0.29) is 18.7 Å². The molecule has 1 amide bonds. The Hall–Kier alpha value is -2.61. The summed E-state index contributed by atoms with van der Waals surface area (Å²) >= 11 is 0. The van der Waals surface area contributed by atoms with Crippen LogP contribution in [-0.4, -0.2) is 59.3 Å². The van der Waals surface area contributed by atoms with Crippen LogP contribution in [0.3, 0.4) is 0 Å². The Bertz CT molecular complexity index is 847. The van der Waals surface area contributed by atoms with Crippen LogP contribution in [0.5, 0.6) is 11.5 Å². The fourth-order valence-electron chi connectivity index (χ4n) is 3.43. The lowest BCUT2D eigenvalue weighted by molar-refractivity contribution is 0.0488. The molecule has 1 aliphatic carbocycles. The summed E-state index contributed by atoms with van der Waals surface area (Å²) in [6.07, 6.45) is 2.27. The van der Waals surface area contributed by atoms with Gasteiger partial charge in [-0.15, -0.1) is 0 Å². The molecule has 1 aromatic heterocycles. The van der Waals surface area contributed by atoms with Crippen LogP contribution >= 0.6 is 0 Å². The Balaban J connectivity index is 1.35. The highest BCUT2D eigenvalue weighted by Crippen LogP contribution is 2.39. The normalized spacial score (nSPS) is 22.7. The minimum atomic E-state index is -0.0817. The predicted octanol–water partition coefficient (Wildman–Crippen LogP) is 1.80. The molecule has 0 N–H and O–H groups in total. The van der Waals surface area contributed by atoms with Crippen molar-refractivity contribution in [2.24, 2.45) is 0 Å². The van der Waals surface area contributed by atoms with Crippen LogP contribution in [0.15, 0.2) is 22.7 Å². The van der Waals surface area contributed by atoms with E-state index in [0.29, 0.717) is 42.0 Å². The summed E-state index contributed by atoms with van der Waals surface area (Å²) in [6, 6.07) is 5.22. The number of hydrogen-bond acceptors (Lipinski definition) is 7. The second-order valence-electron chi connectivity index (χ2n) is 7.08. The standard InChI is InChI=1S/C18H20N4O4/c1-21-6-7-22(9-13(21)17-19-16(20-26-17)11-2-3-11)18(23)12-4-5-14-15(8-12)25-10-24-14/h4-5,8,11,13H,2-3,6-7,9-10H2,1H3. The van der Waals surface area contributed by atoms with Crippen molar-refractivity contribution in [3.63, 3.8) is 0 Å². The van der Waals surface area contributed by atoms with E-state index < -0.39 is 0 Å². The van der Waals surface area contributed by atoms with Gasteiger partial charge in [0.15, 0.2) is 17.3 Å². The lowest BCUT2D eigenvalue weighted by Crippen LogP contribution is -2.49. The van der Waals surface area contributed by atoms with Gasteiger partial charge in [0.05, 0.1) is 0 Å². The number of piperazine rings is 1. The first kappa shape index (κ1) is 15.6. The number of rotatable bonds is 3. The molecule has 3 heterocycles. The average Bonchev–Trinajstić information content (AvgIpc) is 3.20. The van der Waals surface area contributed by atoms with Gasteiger partial charge in [-0.1, -0.05) is 5.16 Å². The average molecular weight is 356 g/mol. The van der Waals surface area contributed by atoms with E-state index in [2.05, 4.69) is 15.0 Å². The number of carbonyl (C=O) groups is 1. The van der Waals surface area contributed by atoms with Crippen LogP contribution in [0.4, 0.5) is 0 Å². The number of hydrogen-bond donors (Lipinski definition) is 0. The van der Waals surface area contributed by atoms with Crippen LogP contribution in [0.25, 0.3) is 0 Å². The summed E-state index contributed by atoms with van der Waals surface area (Å²) < 4.78 is 16.2. The van der Waals surface area contributed by atoms with Crippen molar-refractivity contribution in [1.29, 1.82) is 0 Å². The molecule has 0 radical (unpaired) electrons. The number of aromatic nitrogens is 2. The quantitative estimate of drug-likeness (QED) is 0.829. The number of fused-ring (bicyclic) bond motifs is 1. The first-order valence-electron chi connectivity index (χ1n) is 8.92. The van der Waals surface area contributed by atoms with Gasteiger partial charge < -0.3 is 18.9 Å². The first-order valence-corrected chi connectivity index (χ1v) is 8.92. The fourth-order valence-corrected chi connectivity index (χ4v) is 3.43. The van der Waals surface area contributed by atoms with Gasteiger partial charge in [-0.3, -0.25) is 9.69 Å². The topological polar surface area (TPSA) is 80.9 Å². The van der Waals surface area contributed by atoms with E-state index in [0.717, 1.165) is 25.2 Å². The number of amides is 1. The molecule has 1 aromatic carbocycles. The molecule has 3 aliphatic rings. The van der Waals surface area contributed by atoms with E-state index in [4.69, 9.17) is 14.0 Å². The zero-order valence-corrected chi connectivity index (χ0v) is 14.6. The van der Waals surface area contributed by atoms with Gasteiger partial charge in [0.1, 0.15) is 6.04 Å². The summed E-state index contributed by atoms with van der Waals surface area (Å²) in [5.74, 6) is 3.12. The molecular weight excluding hydrogens is 336 g/mol. The van der Waals surface area contributed by atoms with Crippen LogP contribution in [0, 0.1) is 0 Å². The van der Waals surface area contributed by atoms with E-state index in [1.54, 1.807) is 18.2 Å². The van der Waals surface area contributed by atoms with Gasteiger partial charge in [0.2, 0.25) is 12.7 Å². The lowest BCUT2D eigenvalue weighted by atomic mass is 10.1. The molecule has 8 nitrogen and oxygen atoms in total. The number of likely N-dealkylation sites (N-methyl/N-ethyl adjacent to an activating group) is 1. The number of benzene rings is 1.